The zero-order chi connectivity index (χ0) is 18.5. The van der Waals surface area contributed by atoms with E-state index in [1.54, 1.807) is 0 Å². The van der Waals surface area contributed by atoms with Gasteiger partial charge in [0.05, 0.1) is 12.6 Å². The highest BCUT2D eigenvalue weighted by atomic mass is 127. The first-order chi connectivity index (χ1) is 12.8. The molecule has 1 saturated heterocycles. The maximum absolute atomic E-state index is 5.91. The van der Waals surface area contributed by atoms with Gasteiger partial charge in [-0.1, -0.05) is 25.1 Å². The number of aliphatic imine (C=N–C) groups is 1. The third kappa shape index (κ3) is 11.2. The Morgan fingerprint density at radius 2 is 2.00 bits per heavy atom. The molecule has 1 aromatic rings. The largest absolute Gasteiger partial charge is 0.381 e. The van der Waals surface area contributed by atoms with Crippen LogP contribution >= 0.6 is 35.7 Å². The molecule has 5 nitrogen and oxygen atoms in total. The van der Waals surface area contributed by atoms with Crippen molar-refractivity contribution in [3.8, 4) is 0 Å². The number of halogens is 1. The number of guanidine groups is 1. The molecule has 0 radical (unpaired) electrons. The van der Waals surface area contributed by atoms with Crippen molar-refractivity contribution in [1.82, 2.24) is 10.6 Å². The summed E-state index contributed by atoms with van der Waals surface area (Å²) in [4.78, 5) is 6.00. The molecule has 0 amide bonds. The third-order valence-electron chi connectivity index (χ3n) is 4.07. The normalized spacial score (nSPS) is 16.4. The quantitative estimate of drug-likeness (QED) is 0.165. The molecule has 2 N–H and O–H groups in total. The smallest absolute Gasteiger partial charge is 0.191 e. The van der Waals surface area contributed by atoms with Crippen LogP contribution in [0.2, 0.25) is 0 Å². The van der Waals surface area contributed by atoms with Crippen LogP contribution < -0.4 is 10.6 Å². The number of hydrogen-bond donors (Lipinski definition) is 2. The van der Waals surface area contributed by atoms with E-state index in [-0.39, 0.29) is 24.0 Å². The molecular formula is C20H34IN3O2S. The number of rotatable bonds is 10. The molecule has 0 aromatic heterocycles. The minimum absolute atomic E-state index is 0. The molecule has 1 fully saturated rings. The number of ether oxygens (including phenoxy) is 2. The summed E-state index contributed by atoms with van der Waals surface area (Å²) in [5.41, 5.74) is 0. The molecule has 1 heterocycles. The average Bonchev–Trinajstić information content (AvgIpc) is 2.67. The lowest BCUT2D eigenvalue weighted by Crippen LogP contribution is -2.38. The van der Waals surface area contributed by atoms with E-state index >= 15 is 0 Å². The molecule has 1 aliphatic rings. The monoisotopic (exact) mass is 507 g/mol. The van der Waals surface area contributed by atoms with E-state index in [1.165, 1.54) is 4.90 Å². The first-order valence-corrected chi connectivity index (χ1v) is 10.6. The molecule has 0 saturated carbocycles. The van der Waals surface area contributed by atoms with Crippen molar-refractivity contribution in [3.63, 3.8) is 0 Å². The first kappa shape index (κ1) is 24.5. The Balaban J connectivity index is 0.00000364. The van der Waals surface area contributed by atoms with Crippen LogP contribution in [0.5, 0.6) is 0 Å². The molecule has 1 unspecified atom stereocenters. The highest BCUT2D eigenvalue weighted by molar-refractivity contribution is 14.0. The highest BCUT2D eigenvalue weighted by Crippen LogP contribution is 2.22. The molecule has 2 rings (SSSR count). The highest BCUT2D eigenvalue weighted by Gasteiger charge is 2.13. The van der Waals surface area contributed by atoms with Crippen molar-refractivity contribution in [1.29, 1.82) is 0 Å². The van der Waals surface area contributed by atoms with Gasteiger partial charge in [0.25, 0.3) is 0 Å². The van der Waals surface area contributed by atoms with Crippen molar-refractivity contribution < 1.29 is 9.47 Å². The predicted molar refractivity (Wildman–Crippen MR) is 126 cm³/mol. The molecule has 1 atom stereocenters. The molecule has 27 heavy (non-hydrogen) atoms. The van der Waals surface area contributed by atoms with E-state index in [4.69, 9.17) is 14.5 Å². The van der Waals surface area contributed by atoms with Crippen LogP contribution in [-0.2, 0) is 9.47 Å². The van der Waals surface area contributed by atoms with Crippen LogP contribution in [0.25, 0.3) is 0 Å². The van der Waals surface area contributed by atoms with Gasteiger partial charge >= 0.3 is 0 Å². The van der Waals surface area contributed by atoms with Crippen molar-refractivity contribution in [2.24, 2.45) is 4.99 Å². The summed E-state index contributed by atoms with van der Waals surface area (Å²) < 4.78 is 11.3. The Morgan fingerprint density at radius 1 is 1.26 bits per heavy atom. The Hall–Kier alpha value is -0.510. The second-order valence-electron chi connectivity index (χ2n) is 6.42. The van der Waals surface area contributed by atoms with E-state index in [2.05, 4.69) is 48.7 Å². The van der Waals surface area contributed by atoms with E-state index in [0.717, 1.165) is 64.7 Å². The molecule has 1 aromatic carbocycles. The summed E-state index contributed by atoms with van der Waals surface area (Å²) in [6, 6.07) is 10.5. The number of hydrogen-bond acceptors (Lipinski definition) is 4. The van der Waals surface area contributed by atoms with Crippen molar-refractivity contribution in [2.45, 2.75) is 49.4 Å². The van der Waals surface area contributed by atoms with Gasteiger partial charge in [0.15, 0.2) is 5.96 Å². The number of benzene rings is 1. The number of nitrogens with zero attached hydrogens (tertiary/aromatic N) is 1. The fourth-order valence-electron chi connectivity index (χ4n) is 2.70. The zero-order valence-corrected chi connectivity index (χ0v) is 19.6. The summed E-state index contributed by atoms with van der Waals surface area (Å²) in [6.45, 7) is 9.28. The third-order valence-corrected chi connectivity index (χ3v) is 5.16. The first-order valence-electron chi connectivity index (χ1n) is 9.71. The van der Waals surface area contributed by atoms with Gasteiger partial charge in [-0.25, -0.2) is 0 Å². The van der Waals surface area contributed by atoms with Crippen LogP contribution in [0.4, 0.5) is 0 Å². The lowest BCUT2D eigenvalue weighted by atomic mass is 10.1. The average molecular weight is 507 g/mol. The summed E-state index contributed by atoms with van der Waals surface area (Å²) >= 11 is 1.86. The molecule has 7 heteroatoms. The van der Waals surface area contributed by atoms with Gasteiger partial charge in [0.2, 0.25) is 0 Å². The van der Waals surface area contributed by atoms with Crippen LogP contribution in [0.15, 0.2) is 40.2 Å². The van der Waals surface area contributed by atoms with Gasteiger partial charge in [0, 0.05) is 43.1 Å². The number of nitrogens with one attached hydrogen (secondary N) is 2. The van der Waals surface area contributed by atoms with E-state index in [0.29, 0.717) is 11.4 Å². The lowest BCUT2D eigenvalue weighted by molar-refractivity contribution is -0.0320. The molecule has 1 aliphatic heterocycles. The minimum atomic E-state index is 0. The minimum Gasteiger partial charge on any atom is -0.381 e. The van der Waals surface area contributed by atoms with Crippen LogP contribution in [-0.4, -0.2) is 56.8 Å². The van der Waals surface area contributed by atoms with Crippen LogP contribution in [0.3, 0.4) is 0 Å². The zero-order valence-electron chi connectivity index (χ0n) is 16.5. The van der Waals surface area contributed by atoms with Gasteiger partial charge in [-0.15, -0.1) is 35.7 Å². The lowest BCUT2D eigenvalue weighted by Gasteiger charge is -2.22. The van der Waals surface area contributed by atoms with Gasteiger partial charge in [-0.3, -0.25) is 4.99 Å². The Bertz CT molecular complexity index is 513. The van der Waals surface area contributed by atoms with E-state index in [1.807, 2.05) is 17.8 Å². The standard InChI is InChI=1S/C20H33N3O2S.HI/c1-3-21-20(22-12-7-13-25-18-10-14-24-15-11-18)23-16-17(2)26-19-8-5-4-6-9-19;/h4-6,8-9,17-18H,3,7,10-16H2,1-2H3,(H2,21,22,23);1H. The molecule has 0 bridgehead atoms. The predicted octanol–water partition coefficient (Wildman–Crippen LogP) is 3.93. The topological polar surface area (TPSA) is 54.9 Å². The summed E-state index contributed by atoms with van der Waals surface area (Å²) in [5.74, 6) is 0.888. The fraction of sp³-hybridized carbons (Fsp3) is 0.650. The number of thioether (sulfide) groups is 1. The van der Waals surface area contributed by atoms with Gasteiger partial charge in [-0.2, -0.15) is 0 Å². The summed E-state index contributed by atoms with van der Waals surface area (Å²) in [6.07, 6.45) is 3.40. The van der Waals surface area contributed by atoms with Crippen molar-refractivity contribution >= 4 is 41.7 Å². The Morgan fingerprint density at radius 3 is 2.70 bits per heavy atom. The van der Waals surface area contributed by atoms with Crippen molar-refractivity contribution in [3.05, 3.63) is 30.3 Å². The maximum atomic E-state index is 5.91. The molecule has 0 spiro atoms. The molecular weight excluding hydrogens is 473 g/mol. The van der Waals surface area contributed by atoms with Crippen LogP contribution in [0, 0.1) is 0 Å². The molecule has 154 valence electrons. The van der Waals surface area contributed by atoms with Gasteiger partial charge in [-0.05, 0) is 38.3 Å². The summed E-state index contributed by atoms with van der Waals surface area (Å²) in [7, 11) is 0. The fourth-order valence-corrected chi connectivity index (χ4v) is 3.63. The van der Waals surface area contributed by atoms with E-state index < -0.39 is 0 Å². The molecule has 0 aliphatic carbocycles. The van der Waals surface area contributed by atoms with Crippen molar-refractivity contribution in [2.75, 3.05) is 39.5 Å². The van der Waals surface area contributed by atoms with Gasteiger partial charge in [0.1, 0.15) is 0 Å². The van der Waals surface area contributed by atoms with Crippen LogP contribution in [0.1, 0.15) is 33.1 Å². The van der Waals surface area contributed by atoms with Gasteiger partial charge < -0.3 is 20.1 Å². The second-order valence-corrected chi connectivity index (χ2v) is 7.94. The summed E-state index contributed by atoms with van der Waals surface area (Å²) in [5, 5.41) is 7.15. The second kappa shape index (κ2) is 15.4. The Labute approximate surface area is 185 Å². The maximum Gasteiger partial charge on any atom is 0.191 e. The van der Waals surface area contributed by atoms with E-state index in [9.17, 15) is 0 Å². The Kier molecular flexibility index (Phi) is 14.0. The SMILES string of the molecule is CCNC(=NCC(C)Sc1ccccc1)NCCCOC1CCOCC1.I.